The second kappa shape index (κ2) is 7.74. The van der Waals surface area contributed by atoms with Crippen molar-refractivity contribution < 1.29 is 9.53 Å². The summed E-state index contributed by atoms with van der Waals surface area (Å²) in [6.07, 6.45) is 1.89. The topological polar surface area (TPSA) is 60.7 Å². The largest absolute Gasteiger partial charge is 0.466 e. The number of hydrogen-bond acceptors (Lipinski definition) is 6. The van der Waals surface area contributed by atoms with Crippen LogP contribution in [0.3, 0.4) is 0 Å². The molecule has 5 nitrogen and oxygen atoms in total. The average Bonchev–Trinajstić information content (AvgIpc) is 3.24. The van der Waals surface area contributed by atoms with Gasteiger partial charge in [0.15, 0.2) is 4.80 Å². The van der Waals surface area contributed by atoms with Gasteiger partial charge in [0.25, 0.3) is 5.56 Å². The number of carbonyl (C=O) groups is 1. The van der Waals surface area contributed by atoms with Gasteiger partial charge in [0, 0.05) is 9.90 Å². The first-order valence-corrected chi connectivity index (χ1v) is 10.9. The molecule has 0 radical (unpaired) electrons. The Morgan fingerprint density at radius 3 is 2.59 bits per heavy atom. The van der Waals surface area contributed by atoms with Gasteiger partial charge in [-0.1, -0.05) is 35.1 Å². The summed E-state index contributed by atoms with van der Waals surface area (Å²) in [6, 6.07) is 8.51. The molecule has 4 rings (SSSR count). The van der Waals surface area contributed by atoms with E-state index >= 15 is 0 Å². The van der Waals surface area contributed by atoms with Crippen LogP contribution in [0.15, 0.2) is 56.8 Å². The normalized spacial score (nSPS) is 16.6. The summed E-state index contributed by atoms with van der Waals surface area (Å²) in [5.74, 6) is -0.505. The minimum Gasteiger partial charge on any atom is -0.466 e. The lowest BCUT2D eigenvalue weighted by molar-refractivity contribution is -0.136. The molecular weight excluding hydrogens is 428 g/mol. The van der Waals surface area contributed by atoms with E-state index in [1.807, 2.05) is 36.6 Å². The standard InChI is InChI=1S/C21H17ClN2O3S2/c1-11-8-9-28-15(11)10-16-19(25)24-18(13-4-6-14(22)7-5-13)17(20(26)27-3)12(2)23-21(24)29-16/h4-10,18H,1-3H3. The van der Waals surface area contributed by atoms with Crippen LogP contribution in [0.25, 0.3) is 6.08 Å². The SMILES string of the molecule is COC(=O)C1=C(C)N=c2sc(=Cc3sccc3C)c(=O)n2C1c1ccc(Cl)cc1. The molecule has 3 heterocycles. The van der Waals surface area contributed by atoms with E-state index in [1.54, 1.807) is 35.0 Å². The molecule has 148 valence electrons. The number of nitrogens with zero attached hydrogens (tertiary/aromatic N) is 2. The van der Waals surface area contributed by atoms with Crippen molar-refractivity contribution >= 4 is 46.3 Å². The number of allylic oxidation sites excluding steroid dienone is 1. The van der Waals surface area contributed by atoms with E-state index in [4.69, 9.17) is 16.3 Å². The van der Waals surface area contributed by atoms with Crippen molar-refractivity contribution in [3.8, 4) is 0 Å². The Kier molecular flexibility index (Phi) is 5.29. The summed E-state index contributed by atoms with van der Waals surface area (Å²) in [4.78, 5) is 32.0. The number of thiophene rings is 1. The molecule has 0 aliphatic carbocycles. The van der Waals surface area contributed by atoms with Crippen LogP contribution in [0, 0.1) is 6.92 Å². The quantitative estimate of drug-likeness (QED) is 0.581. The third kappa shape index (κ3) is 3.50. The van der Waals surface area contributed by atoms with Crippen molar-refractivity contribution in [3.05, 3.63) is 87.7 Å². The van der Waals surface area contributed by atoms with Crippen LogP contribution < -0.4 is 14.9 Å². The fourth-order valence-electron chi connectivity index (χ4n) is 3.30. The predicted octanol–water partition coefficient (Wildman–Crippen LogP) is 3.43. The second-order valence-corrected chi connectivity index (χ2v) is 8.99. The minimum absolute atomic E-state index is 0.185. The molecule has 29 heavy (non-hydrogen) atoms. The summed E-state index contributed by atoms with van der Waals surface area (Å²) < 4.78 is 7.14. The molecule has 8 heteroatoms. The number of aryl methyl sites for hydroxylation is 1. The first-order chi connectivity index (χ1) is 13.9. The van der Waals surface area contributed by atoms with E-state index in [0.717, 1.165) is 16.0 Å². The molecule has 1 unspecified atom stereocenters. The van der Waals surface area contributed by atoms with Gasteiger partial charge in [-0.3, -0.25) is 9.36 Å². The number of esters is 1. The van der Waals surface area contributed by atoms with E-state index in [1.165, 1.54) is 18.4 Å². The average molecular weight is 445 g/mol. The van der Waals surface area contributed by atoms with Crippen molar-refractivity contribution in [1.82, 2.24) is 4.57 Å². The Labute approximate surface area is 179 Å². The first-order valence-electron chi connectivity index (χ1n) is 8.81. The number of ether oxygens (including phenoxy) is 1. The van der Waals surface area contributed by atoms with Crippen LogP contribution in [0.5, 0.6) is 0 Å². The van der Waals surface area contributed by atoms with Gasteiger partial charge in [-0.25, -0.2) is 9.79 Å². The fraction of sp³-hybridized carbons (Fsp3) is 0.190. The van der Waals surface area contributed by atoms with Gasteiger partial charge in [-0.2, -0.15) is 0 Å². The molecular formula is C21H17ClN2O3S2. The summed E-state index contributed by atoms with van der Waals surface area (Å²) >= 11 is 8.94. The highest BCUT2D eigenvalue weighted by molar-refractivity contribution is 7.11. The molecule has 0 N–H and O–H groups in total. The van der Waals surface area contributed by atoms with Crippen molar-refractivity contribution in [2.24, 2.45) is 4.99 Å². The predicted molar refractivity (Wildman–Crippen MR) is 116 cm³/mol. The smallest absolute Gasteiger partial charge is 0.338 e. The first kappa shape index (κ1) is 19.8. The van der Waals surface area contributed by atoms with Gasteiger partial charge >= 0.3 is 5.97 Å². The highest BCUT2D eigenvalue weighted by Gasteiger charge is 2.33. The van der Waals surface area contributed by atoms with Crippen LogP contribution in [-0.4, -0.2) is 17.6 Å². The highest BCUT2D eigenvalue weighted by Crippen LogP contribution is 2.31. The van der Waals surface area contributed by atoms with E-state index in [0.29, 0.717) is 25.6 Å². The maximum atomic E-state index is 13.4. The van der Waals surface area contributed by atoms with Gasteiger partial charge in [0.1, 0.15) is 0 Å². The lowest BCUT2D eigenvalue weighted by atomic mass is 9.96. The molecule has 3 aromatic rings. The number of fused-ring (bicyclic) bond motifs is 1. The maximum Gasteiger partial charge on any atom is 0.338 e. The van der Waals surface area contributed by atoms with Crippen molar-refractivity contribution in [2.45, 2.75) is 19.9 Å². The van der Waals surface area contributed by atoms with Gasteiger partial charge < -0.3 is 4.74 Å². The Morgan fingerprint density at radius 1 is 1.24 bits per heavy atom. The molecule has 1 aliphatic rings. The van der Waals surface area contributed by atoms with Crippen molar-refractivity contribution in [2.75, 3.05) is 7.11 Å². The van der Waals surface area contributed by atoms with Crippen LogP contribution in [0.4, 0.5) is 0 Å². The molecule has 0 saturated heterocycles. The molecule has 0 fully saturated rings. The highest BCUT2D eigenvalue weighted by atomic mass is 35.5. The molecule has 0 amide bonds. The number of halogens is 1. The zero-order valence-electron chi connectivity index (χ0n) is 15.9. The summed E-state index contributed by atoms with van der Waals surface area (Å²) in [6.45, 7) is 3.77. The molecule has 2 aromatic heterocycles. The zero-order valence-corrected chi connectivity index (χ0v) is 18.3. The van der Waals surface area contributed by atoms with Gasteiger partial charge in [-0.15, -0.1) is 11.3 Å². The third-order valence-corrected chi connectivity index (χ3v) is 6.98. The van der Waals surface area contributed by atoms with E-state index in [-0.39, 0.29) is 5.56 Å². The number of aromatic nitrogens is 1. The molecule has 1 atom stereocenters. The third-order valence-electron chi connectivity index (χ3n) is 4.78. The number of methoxy groups -OCH3 is 1. The van der Waals surface area contributed by atoms with Gasteiger partial charge in [0.05, 0.1) is 29.0 Å². The second-order valence-electron chi connectivity index (χ2n) is 6.59. The number of thiazole rings is 1. The monoisotopic (exact) mass is 444 g/mol. The lowest BCUT2D eigenvalue weighted by Gasteiger charge is -2.24. The van der Waals surface area contributed by atoms with Crippen LogP contribution in [-0.2, 0) is 9.53 Å². The Balaban J connectivity index is 2.00. The van der Waals surface area contributed by atoms with E-state index in [2.05, 4.69) is 4.99 Å². The van der Waals surface area contributed by atoms with E-state index in [9.17, 15) is 9.59 Å². The Morgan fingerprint density at radius 2 is 1.97 bits per heavy atom. The van der Waals surface area contributed by atoms with Gasteiger partial charge in [-0.05, 0) is 54.6 Å². The van der Waals surface area contributed by atoms with Gasteiger partial charge in [0.2, 0.25) is 0 Å². The minimum atomic E-state index is -0.623. The number of rotatable bonds is 3. The molecule has 1 aromatic carbocycles. The van der Waals surface area contributed by atoms with E-state index < -0.39 is 12.0 Å². The van der Waals surface area contributed by atoms with Crippen LogP contribution in [0.2, 0.25) is 5.02 Å². The van der Waals surface area contributed by atoms with Crippen molar-refractivity contribution in [3.63, 3.8) is 0 Å². The summed E-state index contributed by atoms with van der Waals surface area (Å²) in [5.41, 5.74) is 2.58. The Bertz CT molecular complexity index is 1310. The fourth-order valence-corrected chi connectivity index (χ4v) is 5.39. The van der Waals surface area contributed by atoms with Crippen LogP contribution >= 0.6 is 34.3 Å². The molecule has 1 aliphatic heterocycles. The molecule has 0 bridgehead atoms. The maximum absolute atomic E-state index is 13.4. The zero-order chi connectivity index (χ0) is 20.7. The Hall–Kier alpha value is -2.48. The number of benzene rings is 1. The van der Waals surface area contributed by atoms with Crippen molar-refractivity contribution in [1.29, 1.82) is 0 Å². The lowest BCUT2D eigenvalue weighted by Crippen LogP contribution is -2.39. The number of carbonyl (C=O) groups excluding carboxylic acids is 1. The summed E-state index contributed by atoms with van der Waals surface area (Å²) in [5, 5.41) is 2.57. The van der Waals surface area contributed by atoms with Crippen LogP contribution in [0.1, 0.15) is 29.0 Å². The molecule has 0 spiro atoms. The summed E-state index contributed by atoms with van der Waals surface area (Å²) in [7, 11) is 1.33. The molecule has 0 saturated carbocycles. The number of hydrogen-bond donors (Lipinski definition) is 0.